The van der Waals surface area contributed by atoms with Crippen molar-refractivity contribution >= 4 is 0 Å². The molecule has 4 nitrogen and oxygen atoms in total. The SMILES string of the molecule is OCc1nnn(-c2ccccc2F)c1CCc1ccccc1. The van der Waals surface area contributed by atoms with Crippen LogP contribution in [-0.4, -0.2) is 20.1 Å². The lowest BCUT2D eigenvalue weighted by atomic mass is 10.1. The standard InChI is InChI=1S/C17H16FN3O/c18-14-8-4-5-9-16(14)21-17(15(12-22)19-20-21)11-10-13-6-2-1-3-7-13/h1-9,22H,10-12H2. The van der Waals surface area contributed by atoms with Crippen molar-refractivity contribution in [2.45, 2.75) is 19.4 Å². The second kappa shape index (κ2) is 6.49. The van der Waals surface area contributed by atoms with Crippen LogP contribution in [0.1, 0.15) is 17.0 Å². The summed E-state index contributed by atoms with van der Waals surface area (Å²) < 4.78 is 15.5. The Morgan fingerprint density at radius 2 is 1.68 bits per heavy atom. The van der Waals surface area contributed by atoms with Crippen LogP contribution < -0.4 is 0 Å². The summed E-state index contributed by atoms with van der Waals surface area (Å²) in [7, 11) is 0. The average molecular weight is 297 g/mol. The molecular formula is C17H16FN3O. The predicted octanol–water partition coefficient (Wildman–Crippen LogP) is 2.68. The van der Waals surface area contributed by atoms with Gasteiger partial charge in [-0.15, -0.1) is 5.10 Å². The van der Waals surface area contributed by atoms with Crippen LogP contribution in [0.5, 0.6) is 0 Å². The maximum absolute atomic E-state index is 14.0. The molecule has 3 rings (SSSR count). The van der Waals surface area contributed by atoms with E-state index in [0.29, 0.717) is 17.8 Å². The maximum atomic E-state index is 14.0. The first-order chi connectivity index (χ1) is 10.8. The van der Waals surface area contributed by atoms with Crippen LogP contribution in [0.25, 0.3) is 5.69 Å². The Kier molecular flexibility index (Phi) is 4.25. The second-order valence-corrected chi connectivity index (χ2v) is 4.99. The van der Waals surface area contributed by atoms with Crippen LogP contribution in [0.15, 0.2) is 54.6 Å². The second-order valence-electron chi connectivity index (χ2n) is 4.99. The zero-order chi connectivity index (χ0) is 15.4. The van der Waals surface area contributed by atoms with Gasteiger partial charge in [-0.1, -0.05) is 47.7 Å². The quantitative estimate of drug-likeness (QED) is 0.787. The van der Waals surface area contributed by atoms with E-state index in [4.69, 9.17) is 0 Å². The number of aromatic nitrogens is 3. The Morgan fingerprint density at radius 3 is 2.41 bits per heavy atom. The van der Waals surface area contributed by atoms with Gasteiger partial charge in [0.1, 0.15) is 17.2 Å². The minimum absolute atomic E-state index is 0.210. The van der Waals surface area contributed by atoms with Gasteiger partial charge in [0.2, 0.25) is 0 Å². The fourth-order valence-corrected chi connectivity index (χ4v) is 2.43. The van der Waals surface area contributed by atoms with Gasteiger partial charge in [0.25, 0.3) is 0 Å². The van der Waals surface area contributed by atoms with Crippen molar-refractivity contribution in [3.8, 4) is 5.69 Å². The van der Waals surface area contributed by atoms with E-state index in [1.54, 1.807) is 18.2 Å². The molecule has 22 heavy (non-hydrogen) atoms. The van der Waals surface area contributed by atoms with Gasteiger partial charge in [0.15, 0.2) is 0 Å². The number of rotatable bonds is 5. The van der Waals surface area contributed by atoms with E-state index < -0.39 is 0 Å². The Hall–Kier alpha value is -2.53. The highest BCUT2D eigenvalue weighted by molar-refractivity contribution is 5.35. The van der Waals surface area contributed by atoms with E-state index in [2.05, 4.69) is 10.3 Å². The number of aliphatic hydroxyl groups excluding tert-OH is 1. The van der Waals surface area contributed by atoms with E-state index in [1.165, 1.54) is 16.3 Å². The molecule has 0 fully saturated rings. The van der Waals surface area contributed by atoms with Crippen molar-refractivity contribution in [2.75, 3.05) is 0 Å². The Bertz CT molecular complexity index is 756. The van der Waals surface area contributed by atoms with E-state index in [-0.39, 0.29) is 12.4 Å². The minimum atomic E-state index is -0.363. The number of aryl methyl sites for hydroxylation is 1. The third-order valence-corrected chi connectivity index (χ3v) is 3.57. The van der Waals surface area contributed by atoms with Crippen LogP contribution in [0.4, 0.5) is 4.39 Å². The van der Waals surface area contributed by atoms with Crippen molar-refractivity contribution in [1.82, 2.24) is 15.0 Å². The molecule has 1 heterocycles. The number of hydrogen-bond donors (Lipinski definition) is 1. The van der Waals surface area contributed by atoms with Crippen LogP contribution in [0.3, 0.4) is 0 Å². The molecule has 1 aromatic heterocycles. The number of para-hydroxylation sites is 1. The molecule has 0 amide bonds. The number of nitrogens with zero attached hydrogens (tertiary/aromatic N) is 3. The summed E-state index contributed by atoms with van der Waals surface area (Å²) >= 11 is 0. The maximum Gasteiger partial charge on any atom is 0.148 e. The first-order valence-electron chi connectivity index (χ1n) is 7.12. The highest BCUT2D eigenvalue weighted by atomic mass is 19.1. The molecule has 0 aliphatic heterocycles. The normalized spacial score (nSPS) is 10.8. The van der Waals surface area contributed by atoms with Crippen LogP contribution in [-0.2, 0) is 19.4 Å². The summed E-state index contributed by atoms with van der Waals surface area (Å²) in [6.45, 7) is -0.210. The first-order valence-corrected chi connectivity index (χ1v) is 7.12. The van der Waals surface area contributed by atoms with Gasteiger partial charge < -0.3 is 5.11 Å². The molecule has 0 bridgehead atoms. The average Bonchev–Trinajstić information content (AvgIpc) is 2.97. The van der Waals surface area contributed by atoms with Crippen LogP contribution in [0.2, 0.25) is 0 Å². The number of hydrogen-bond acceptors (Lipinski definition) is 3. The molecule has 0 radical (unpaired) electrons. The third-order valence-electron chi connectivity index (χ3n) is 3.57. The molecular weight excluding hydrogens is 281 g/mol. The highest BCUT2D eigenvalue weighted by Crippen LogP contribution is 2.18. The van der Waals surface area contributed by atoms with Crippen molar-refractivity contribution in [1.29, 1.82) is 0 Å². The summed E-state index contributed by atoms with van der Waals surface area (Å²) in [4.78, 5) is 0. The van der Waals surface area contributed by atoms with Gasteiger partial charge in [0.05, 0.1) is 12.3 Å². The summed E-state index contributed by atoms with van der Waals surface area (Å²) in [6, 6.07) is 16.4. The Labute approximate surface area is 127 Å². The van der Waals surface area contributed by atoms with Gasteiger partial charge in [-0.25, -0.2) is 9.07 Å². The van der Waals surface area contributed by atoms with E-state index >= 15 is 0 Å². The monoisotopic (exact) mass is 297 g/mol. The van der Waals surface area contributed by atoms with Gasteiger partial charge in [0, 0.05) is 0 Å². The number of aliphatic hydroxyl groups is 1. The molecule has 0 atom stereocenters. The van der Waals surface area contributed by atoms with Gasteiger partial charge in [-0.2, -0.15) is 0 Å². The van der Waals surface area contributed by atoms with Crippen LogP contribution in [0, 0.1) is 5.82 Å². The van der Waals surface area contributed by atoms with E-state index in [1.807, 2.05) is 30.3 Å². The van der Waals surface area contributed by atoms with Crippen LogP contribution >= 0.6 is 0 Å². The molecule has 0 saturated carbocycles. The van der Waals surface area contributed by atoms with Crippen molar-refractivity contribution in [2.24, 2.45) is 0 Å². The molecule has 3 aromatic rings. The lowest BCUT2D eigenvalue weighted by molar-refractivity contribution is 0.275. The topological polar surface area (TPSA) is 50.9 Å². The lowest BCUT2D eigenvalue weighted by Crippen LogP contribution is -2.07. The zero-order valence-corrected chi connectivity index (χ0v) is 12.0. The summed E-state index contributed by atoms with van der Waals surface area (Å²) in [5.74, 6) is -0.363. The van der Waals surface area contributed by atoms with E-state index in [9.17, 15) is 9.50 Å². The van der Waals surface area contributed by atoms with Gasteiger partial charge >= 0.3 is 0 Å². The molecule has 0 aliphatic carbocycles. The summed E-state index contributed by atoms with van der Waals surface area (Å²) in [5.41, 5.74) is 2.74. The molecule has 0 spiro atoms. The Balaban J connectivity index is 1.93. The molecule has 5 heteroatoms. The van der Waals surface area contributed by atoms with Gasteiger partial charge in [-0.3, -0.25) is 0 Å². The summed E-state index contributed by atoms with van der Waals surface area (Å²) in [6.07, 6.45) is 1.40. The van der Waals surface area contributed by atoms with E-state index in [0.717, 1.165) is 12.1 Å². The minimum Gasteiger partial charge on any atom is -0.390 e. The Morgan fingerprint density at radius 1 is 0.955 bits per heavy atom. The fraction of sp³-hybridized carbons (Fsp3) is 0.176. The number of halogens is 1. The third kappa shape index (κ3) is 2.89. The molecule has 0 saturated heterocycles. The highest BCUT2D eigenvalue weighted by Gasteiger charge is 2.15. The molecule has 0 aliphatic rings. The largest absolute Gasteiger partial charge is 0.390 e. The first kappa shape index (κ1) is 14.4. The number of benzene rings is 2. The zero-order valence-electron chi connectivity index (χ0n) is 12.0. The smallest absolute Gasteiger partial charge is 0.148 e. The molecule has 112 valence electrons. The fourth-order valence-electron chi connectivity index (χ4n) is 2.43. The van der Waals surface area contributed by atoms with Crippen molar-refractivity contribution < 1.29 is 9.50 Å². The summed E-state index contributed by atoms with van der Waals surface area (Å²) in [5, 5.41) is 17.4. The van der Waals surface area contributed by atoms with Crippen molar-refractivity contribution in [3.05, 3.63) is 77.4 Å². The lowest BCUT2D eigenvalue weighted by Gasteiger charge is -2.08. The molecule has 2 aromatic carbocycles. The molecule has 1 N–H and O–H groups in total. The molecule has 0 unspecified atom stereocenters. The predicted molar refractivity (Wildman–Crippen MR) is 81.1 cm³/mol. The van der Waals surface area contributed by atoms with Crippen molar-refractivity contribution in [3.63, 3.8) is 0 Å². The van der Waals surface area contributed by atoms with Gasteiger partial charge in [-0.05, 0) is 30.5 Å².